The summed E-state index contributed by atoms with van der Waals surface area (Å²) in [6, 6.07) is 13.7. The minimum Gasteiger partial charge on any atom is -0.478 e. The number of hydrogen-bond acceptors (Lipinski definition) is 2. The zero-order valence-corrected chi connectivity index (χ0v) is 15.1. The summed E-state index contributed by atoms with van der Waals surface area (Å²) in [5, 5.41) is 8.99. The van der Waals surface area contributed by atoms with Gasteiger partial charge in [-0.05, 0) is 65.0 Å². The van der Waals surface area contributed by atoms with Gasteiger partial charge in [0.15, 0.2) is 0 Å². The number of carboxylic acids is 1. The van der Waals surface area contributed by atoms with E-state index in [0.29, 0.717) is 5.56 Å². The molecule has 1 heterocycles. The van der Waals surface area contributed by atoms with E-state index in [1.165, 1.54) is 28.2 Å². The number of benzene rings is 2. The van der Waals surface area contributed by atoms with Gasteiger partial charge in [0.1, 0.15) is 0 Å². The third kappa shape index (κ3) is 3.41. The lowest BCUT2D eigenvalue weighted by Gasteiger charge is -2.32. The molecule has 2 aromatic carbocycles. The predicted octanol–water partition coefficient (Wildman–Crippen LogP) is 5.72. The van der Waals surface area contributed by atoms with Crippen LogP contribution in [0.2, 0.25) is 0 Å². The smallest absolute Gasteiger partial charge is 0.335 e. The van der Waals surface area contributed by atoms with Crippen LogP contribution in [0.15, 0.2) is 47.4 Å². The van der Waals surface area contributed by atoms with Crippen LogP contribution in [-0.2, 0) is 5.41 Å². The molecule has 0 radical (unpaired) electrons. The highest BCUT2D eigenvalue weighted by Crippen LogP contribution is 2.42. The van der Waals surface area contributed by atoms with E-state index >= 15 is 0 Å². The molecule has 0 atom stereocenters. The fraction of sp³-hybridized carbons (Fsp3) is 0.286. The number of aromatic carboxylic acids is 1. The summed E-state index contributed by atoms with van der Waals surface area (Å²) in [5.74, 6) is 0.294. The topological polar surface area (TPSA) is 37.3 Å². The molecule has 24 heavy (non-hydrogen) atoms. The minimum atomic E-state index is -0.891. The Bertz CT molecular complexity index is 801. The van der Waals surface area contributed by atoms with Gasteiger partial charge in [-0.2, -0.15) is 0 Å². The summed E-state index contributed by atoms with van der Waals surface area (Å²) in [7, 11) is 0. The van der Waals surface area contributed by atoms with E-state index in [0.717, 1.165) is 11.1 Å². The standard InChI is InChI=1S/C21H22O2S/c1-14(16-5-7-17(8-6-16)20(22)23)12-15-4-9-19-18(13-15)21(2,3)10-11-24-19/h4-9,12-13H,10-11H2,1-3H3,(H,22,23)/b14-12+. The van der Waals surface area contributed by atoms with Crippen molar-refractivity contribution in [1.29, 1.82) is 0 Å². The van der Waals surface area contributed by atoms with Gasteiger partial charge in [-0.25, -0.2) is 4.79 Å². The normalized spacial score (nSPS) is 16.5. The lowest BCUT2D eigenvalue weighted by Crippen LogP contribution is -2.22. The summed E-state index contributed by atoms with van der Waals surface area (Å²) >= 11 is 1.94. The summed E-state index contributed by atoms with van der Waals surface area (Å²) in [6.45, 7) is 6.70. The quantitative estimate of drug-likeness (QED) is 0.727. The van der Waals surface area contributed by atoms with Crippen molar-refractivity contribution in [1.82, 2.24) is 0 Å². The number of thioether (sulfide) groups is 1. The second-order valence-corrected chi connectivity index (χ2v) is 8.08. The fourth-order valence-electron chi connectivity index (χ4n) is 3.05. The van der Waals surface area contributed by atoms with Crippen molar-refractivity contribution < 1.29 is 9.90 Å². The molecule has 2 nitrogen and oxygen atoms in total. The highest BCUT2D eigenvalue weighted by Gasteiger charge is 2.27. The molecule has 0 saturated carbocycles. The third-order valence-electron chi connectivity index (χ3n) is 4.69. The zero-order chi connectivity index (χ0) is 17.3. The van der Waals surface area contributed by atoms with Gasteiger partial charge in [-0.1, -0.05) is 44.2 Å². The van der Waals surface area contributed by atoms with Crippen molar-refractivity contribution in [2.45, 2.75) is 37.5 Å². The molecule has 0 bridgehead atoms. The van der Waals surface area contributed by atoms with Crippen molar-refractivity contribution >= 4 is 29.4 Å². The fourth-order valence-corrected chi connectivity index (χ4v) is 4.54. The Kier molecular flexibility index (Phi) is 4.55. The molecule has 1 aliphatic rings. The maximum absolute atomic E-state index is 11.0. The molecular weight excluding hydrogens is 316 g/mol. The van der Waals surface area contributed by atoms with Crippen LogP contribution in [0.4, 0.5) is 0 Å². The summed E-state index contributed by atoms with van der Waals surface area (Å²) in [4.78, 5) is 12.3. The summed E-state index contributed by atoms with van der Waals surface area (Å²) in [5.41, 5.74) is 5.35. The monoisotopic (exact) mass is 338 g/mol. The first-order valence-electron chi connectivity index (χ1n) is 8.16. The largest absolute Gasteiger partial charge is 0.478 e. The molecule has 1 aliphatic heterocycles. The lowest BCUT2D eigenvalue weighted by molar-refractivity contribution is 0.0697. The third-order valence-corrected chi connectivity index (χ3v) is 5.76. The predicted molar refractivity (Wildman–Crippen MR) is 102 cm³/mol. The van der Waals surface area contributed by atoms with Crippen molar-refractivity contribution in [2.24, 2.45) is 0 Å². The summed E-state index contributed by atoms with van der Waals surface area (Å²) < 4.78 is 0. The minimum absolute atomic E-state index is 0.224. The molecule has 1 N–H and O–H groups in total. The van der Waals surface area contributed by atoms with Gasteiger partial charge in [0.2, 0.25) is 0 Å². The number of rotatable bonds is 3. The summed E-state index contributed by atoms with van der Waals surface area (Å²) in [6.07, 6.45) is 3.37. The lowest BCUT2D eigenvalue weighted by atomic mass is 9.81. The number of allylic oxidation sites excluding steroid dienone is 1. The van der Waals surface area contributed by atoms with E-state index in [1.54, 1.807) is 12.1 Å². The van der Waals surface area contributed by atoms with Gasteiger partial charge in [-0.3, -0.25) is 0 Å². The Morgan fingerprint density at radius 3 is 2.46 bits per heavy atom. The molecule has 3 rings (SSSR count). The zero-order valence-electron chi connectivity index (χ0n) is 14.3. The molecule has 3 heteroatoms. The molecule has 0 aliphatic carbocycles. The highest BCUT2D eigenvalue weighted by molar-refractivity contribution is 7.99. The Hall–Kier alpha value is -2.00. The van der Waals surface area contributed by atoms with Crippen LogP contribution in [0, 0.1) is 0 Å². The Morgan fingerprint density at radius 1 is 1.12 bits per heavy atom. The van der Waals surface area contributed by atoms with Crippen molar-refractivity contribution in [3.05, 3.63) is 64.7 Å². The Morgan fingerprint density at radius 2 is 1.79 bits per heavy atom. The first-order chi connectivity index (χ1) is 11.4. The van der Waals surface area contributed by atoms with E-state index in [9.17, 15) is 4.79 Å². The van der Waals surface area contributed by atoms with Gasteiger partial charge in [-0.15, -0.1) is 11.8 Å². The van der Waals surface area contributed by atoms with Gasteiger partial charge in [0, 0.05) is 4.90 Å². The van der Waals surface area contributed by atoms with Crippen LogP contribution in [0.5, 0.6) is 0 Å². The highest BCUT2D eigenvalue weighted by atomic mass is 32.2. The average Bonchev–Trinajstić information content (AvgIpc) is 2.55. The molecule has 0 saturated heterocycles. The van der Waals surface area contributed by atoms with Crippen LogP contribution in [0.25, 0.3) is 11.6 Å². The molecule has 0 amide bonds. The number of carbonyl (C=O) groups is 1. The van der Waals surface area contributed by atoms with Gasteiger partial charge in [0.25, 0.3) is 0 Å². The second-order valence-electron chi connectivity index (χ2n) is 6.95. The van der Waals surface area contributed by atoms with Crippen LogP contribution in [0.1, 0.15) is 54.2 Å². The second kappa shape index (κ2) is 6.48. The maximum Gasteiger partial charge on any atom is 0.335 e. The van der Waals surface area contributed by atoms with Gasteiger partial charge in [0.05, 0.1) is 5.56 Å². The van der Waals surface area contributed by atoms with E-state index < -0.39 is 5.97 Å². The average molecular weight is 338 g/mol. The molecule has 0 fully saturated rings. The Balaban J connectivity index is 1.92. The van der Waals surface area contributed by atoms with Crippen LogP contribution in [0.3, 0.4) is 0 Å². The van der Waals surface area contributed by atoms with E-state index in [1.807, 2.05) is 23.9 Å². The van der Waals surface area contributed by atoms with Crippen LogP contribution >= 0.6 is 11.8 Å². The number of carboxylic acid groups (broad SMARTS) is 1. The SMILES string of the molecule is C/C(=C\c1ccc2c(c1)C(C)(C)CCS2)c1ccc(C(=O)O)cc1. The van der Waals surface area contributed by atoms with Crippen LogP contribution in [-0.4, -0.2) is 16.8 Å². The van der Waals surface area contributed by atoms with Crippen molar-refractivity contribution in [3.63, 3.8) is 0 Å². The van der Waals surface area contributed by atoms with E-state index in [2.05, 4.69) is 45.0 Å². The van der Waals surface area contributed by atoms with Gasteiger partial charge < -0.3 is 5.11 Å². The Labute approximate surface area is 147 Å². The molecule has 0 unspecified atom stereocenters. The maximum atomic E-state index is 11.0. The molecule has 2 aromatic rings. The first kappa shape index (κ1) is 16.8. The first-order valence-corrected chi connectivity index (χ1v) is 9.15. The number of hydrogen-bond donors (Lipinski definition) is 1. The number of fused-ring (bicyclic) bond motifs is 1. The van der Waals surface area contributed by atoms with E-state index in [-0.39, 0.29) is 5.41 Å². The molecule has 124 valence electrons. The molecule has 0 spiro atoms. The molecule has 0 aromatic heterocycles. The van der Waals surface area contributed by atoms with Crippen molar-refractivity contribution in [2.75, 3.05) is 5.75 Å². The molecular formula is C21H22O2S. The van der Waals surface area contributed by atoms with Crippen LogP contribution < -0.4 is 0 Å². The van der Waals surface area contributed by atoms with E-state index in [4.69, 9.17) is 5.11 Å². The van der Waals surface area contributed by atoms with Crippen molar-refractivity contribution in [3.8, 4) is 0 Å². The van der Waals surface area contributed by atoms with Gasteiger partial charge >= 0.3 is 5.97 Å².